The van der Waals surface area contributed by atoms with Gasteiger partial charge in [0.25, 0.3) is 11.6 Å². The van der Waals surface area contributed by atoms with Crippen molar-refractivity contribution in [2.24, 2.45) is 0 Å². The van der Waals surface area contributed by atoms with E-state index in [0.717, 1.165) is 0 Å². The maximum atomic E-state index is 12.6. The second-order valence-corrected chi connectivity index (χ2v) is 7.13. The normalized spacial score (nSPS) is 10.9. The number of benzene rings is 2. The highest BCUT2D eigenvalue weighted by molar-refractivity contribution is 6.08. The number of hydrogen-bond acceptors (Lipinski definition) is 6. The van der Waals surface area contributed by atoms with Crippen molar-refractivity contribution in [1.29, 1.82) is 0 Å². The molecule has 0 spiro atoms. The van der Waals surface area contributed by atoms with Gasteiger partial charge in [-0.2, -0.15) is 5.10 Å². The van der Waals surface area contributed by atoms with Crippen LogP contribution in [-0.4, -0.2) is 26.8 Å². The number of nitro benzene ring substituents is 1. The summed E-state index contributed by atoms with van der Waals surface area (Å²) in [5.41, 5.74) is 3.15. The molecular weight excluding hydrogens is 424 g/mol. The Morgan fingerprint density at radius 3 is 2.64 bits per heavy atom. The molecule has 0 radical (unpaired) electrons. The van der Waals surface area contributed by atoms with Gasteiger partial charge in [-0.25, -0.2) is 0 Å². The third kappa shape index (κ3) is 4.77. The minimum absolute atomic E-state index is 0.0387. The van der Waals surface area contributed by atoms with Crippen LogP contribution in [0.15, 0.2) is 77.6 Å². The lowest BCUT2D eigenvalue weighted by Crippen LogP contribution is -2.12. The van der Waals surface area contributed by atoms with Crippen molar-refractivity contribution in [2.45, 2.75) is 6.92 Å². The van der Waals surface area contributed by atoms with E-state index in [2.05, 4.69) is 15.5 Å². The Morgan fingerprint density at radius 2 is 1.94 bits per heavy atom. The first-order chi connectivity index (χ1) is 15.9. The molecule has 0 bridgehead atoms. The predicted molar refractivity (Wildman–Crippen MR) is 122 cm³/mol. The Kier molecular flexibility index (Phi) is 5.94. The number of ketones is 1. The SMILES string of the molecule is Cc1occc1C(=O)Nc1ccc(C(=O)/C=C/c2cn[nH]c2-c2cccc([N+](=O)[O-])c2)cc1. The highest BCUT2D eigenvalue weighted by atomic mass is 16.6. The molecule has 0 saturated heterocycles. The first-order valence-corrected chi connectivity index (χ1v) is 9.88. The summed E-state index contributed by atoms with van der Waals surface area (Å²) in [5, 5.41) is 20.6. The number of hydrogen-bond donors (Lipinski definition) is 2. The van der Waals surface area contributed by atoms with E-state index in [0.29, 0.717) is 39.4 Å². The molecule has 164 valence electrons. The van der Waals surface area contributed by atoms with Gasteiger partial charge in [-0.15, -0.1) is 0 Å². The summed E-state index contributed by atoms with van der Waals surface area (Å²) in [4.78, 5) is 35.4. The summed E-state index contributed by atoms with van der Waals surface area (Å²) in [6, 6.07) is 14.2. The van der Waals surface area contributed by atoms with E-state index < -0.39 is 4.92 Å². The maximum Gasteiger partial charge on any atom is 0.270 e. The van der Waals surface area contributed by atoms with Crippen LogP contribution in [0, 0.1) is 17.0 Å². The Morgan fingerprint density at radius 1 is 1.15 bits per heavy atom. The molecule has 9 heteroatoms. The molecule has 2 N–H and O–H groups in total. The van der Waals surface area contributed by atoms with Gasteiger partial charge in [0.1, 0.15) is 5.76 Å². The molecule has 0 fully saturated rings. The average molecular weight is 442 g/mol. The van der Waals surface area contributed by atoms with Gasteiger partial charge < -0.3 is 9.73 Å². The molecule has 0 saturated carbocycles. The van der Waals surface area contributed by atoms with Gasteiger partial charge in [-0.3, -0.25) is 24.8 Å². The van der Waals surface area contributed by atoms with Crippen molar-refractivity contribution < 1.29 is 18.9 Å². The molecule has 33 heavy (non-hydrogen) atoms. The molecule has 0 aliphatic rings. The average Bonchev–Trinajstić information content (AvgIpc) is 3.47. The number of aryl methyl sites for hydroxylation is 1. The summed E-state index contributed by atoms with van der Waals surface area (Å²) in [6.07, 6.45) is 5.97. The van der Waals surface area contributed by atoms with Gasteiger partial charge >= 0.3 is 0 Å². The zero-order valence-electron chi connectivity index (χ0n) is 17.4. The van der Waals surface area contributed by atoms with Crippen LogP contribution in [0.2, 0.25) is 0 Å². The Bertz CT molecular complexity index is 1370. The highest BCUT2D eigenvalue weighted by Crippen LogP contribution is 2.26. The number of nitrogens with zero attached hydrogens (tertiary/aromatic N) is 2. The molecular formula is C24H18N4O5. The highest BCUT2D eigenvalue weighted by Gasteiger charge is 2.13. The fourth-order valence-electron chi connectivity index (χ4n) is 3.23. The van der Waals surface area contributed by atoms with Crippen molar-refractivity contribution in [3.63, 3.8) is 0 Å². The zero-order valence-corrected chi connectivity index (χ0v) is 17.4. The van der Waals surface area contributed by atoms with Crippen LogP contribution in [0.3, 0.4) is 0 Å². The second-order valence-electron chi connectivity index (χ2n) is 7.13. The third-order valence-electron chi connectivity index (χ3n) is 4.96. The van der Waals surface area contributed by atoms with Crippen molar-refractivity contribution >= 4 is 29.1 Å². The molecule has 1 amide bonds. The largest absolute Gasteiger partial charge is 0.469 e. The number of non-ortho nitro benzene ring substituents is 1. The zero-order chi connectivity index (χ0) is 23.4. The predicted octanol–water partition coefficient (Wildman–Crippen LogP) is 5.03. The lowest BCUT2D eigenvalue weighted by Gasteiger charge is -2.05. The van der Waals surface area contributed by atoms with Crippen LogP contribution in [0.5, 0.6) is 0 Å². The number of anilines is 1. The van der Waals surface area contributed by atoms with Crippen LogP contribution in [-0.2, 0) is 0 Å². The summed E-state index contributed by atoms with van der Waals surface area (Å²) in [6.45, 7) is 1.70. The van der Waals surface area contributed by atoms with Gasteiger partial charge in [-0.1, -0.05) is 12.1 Å². The standard InChI is InChI=1S/C24H18N4O5/c1-15-21(11-12-33-15)24(30)26-19-8-5-16(6-9-19)22(29)10-7-18-14-25-27-23(18)17-3-2-4-20(13-17)28(31)32/h2-14H,1H3,(H,25,27)(H,26,30)/b10-7+. The number of amides is 1. The molecule has 4 aromatic rings. The van der Waals surface area contributed by atoms with Crippen LogP contribution in [0.1, 0.15) is 32.0 Å². The smallest absolute Gasteiger partial charge is 0.270 e. The van der Waals surface area contributed by atoms with Gasteiger partial charge in [0, 0.05) is 34.5 Å². The first kappa shape index (κ1) is 21.4. The van der Waals surface area contributed by atoms with Crippen LogP contribution < -0.4 is 5.32 Å². The lowest BCUT2D eigenvalue weighted by atomic mass is 10.1. The van der Waals surface area contributed by atoms with E-state index in [1.165, 1.54) is 30.7 Å². The monoisotopic (exact) mass is 442 g/mol. The fourth-order valence-corrected chi connectivity index (χ4v) is 3.23. The molecule has 0 aliphatic heterocycles. The first-order valence-electron chi connectivity index (χ1n) is 9.88. The number of aromatic nitrogens is 2. The summed E-state index contributed by atoms with van der Waals surface area (Å²) >= 11 is 0. The number of nitrogens with one attached hydrogen (secondary N) is 2. The topological polar surface area (TPSA) is 131 Å². The van der Waals surface area contributed by atoms with Crippen molar-refractivity contribution in [2.75, 3.05) is 5.32 Å². The second kappa shape index (κ2) is 9.15. The molecule has 4 rings (SSSR count). The van der Waals surface area contributed by atoms with Crippen LogP contribution in [0.4, 0.5) is 11.4 Å². The number of furan rings is 1. The number of rotatable bonds is 7. The maximum absolute atomic E-state index is 12.6. The van der Waals surface area contributed by atoms with Crippen molar-refractivity contribution in [3.05, 3.63) is 106 Å². The lowest BCUT2D eigenvalue weighted by molar-refractivity contribution is -0.384. The number of H-pyrrole nitrogens is 1. The molecule has 2 heterocycles. The molecule has 9 nitrogen and oxygen atoms in total. The van der Waals surface area contributed by atoms with Crippen LogP contribution >= 0.6 is 0 Å². The van der Waals surface area contributed by atoms with E-state index in [-0.39, 0.29) is 17.4 Å². The minimum atomic E-state index is -0.471. The molecule has 0 aliphatic carbocycles. The van der Waals surface area contributed by atoms with E-state index in [4.69, 9.17) is 4.42 Å². The van der Waals surface area contributed by atoms with Gasteiger partial charge in [-0.05, 0) is 49.4 Å². The number of allylic oxidation sites excluding steroid dienone is 1. The number of nitro groups is 1. The van der Waals surface area contributed by atoms with E-state index >= 15 is 0 Å². The molecule has 0 atom stereocenters. The van der Waals surface area contributed by atoms with Gasteiger partial charge in [0.05, 0.1) is 28.6 Å². The number of carbonyl (C=O) groups excluding carboxylic acids is 2. The van der Waals surface area contributed by atoms with E-state index in [1.54, 1.807) is 55.5 Å². The third-order valence-corrected chi connectivity index (χ3v) is 4.96. The van der Waals surface area contributed by atoms with Crippen molar-refractivity contribution in [1.82, 2.24) is 10.2 Å². The summed E-state index contributed by atoms with van der Waals surface area (Å²) < 4.78 is 5.13. The summed E-state index contributed by atoms with van der Waals surface area (Å²) in [7, 11) is 0. The molecule has 2 aromatic carbocycles. The number of carbonyl (C=O) groups is 2. The number of aromatic amines is 1. The van der Waals surface area contributed by atoms with Gasteiger partial charge in [0.2, 0.25) is 0 Å². The van der Waals surface area contributed by atoms with Gasteiger partial charge in [0.15, 0.2) is 5.78 Å². The van der Waals surface area contributed by atoms with Crippen molar-refractivity contribution in [3.8, 4) is 11.3 Å². The summed E-state index contributed by atoms with van der Waals surface area (Å²) in [5.74, 6) is -0.0215. The minimum Gasteiger partial charge on any atom is -0.469 e. The molecule has 0 unspecified atom stereocenters. The van der Waals surface area contributed by atoms with Crippen LogP contribution in [0.25, 0.3) is 17.3 Å². The molecule has 2 aromatic heterocycles. The van der Waals surface area contributed by atoms with E-state index in [9.17, 15) is 19.7 Å². The van der Waals surface area contributed by atoms with E-state index in [1.807, 2.05) is 0 Å². The Balaban J connectivity index is 1.46. The quantitative estimate of drug-likeness (QED) is 0.178. The fraction of sp³-hybridized carbons (Fsp3) is 0.0417. The Labute approximate surface area is 187 Å². The Hall–Kier alpha value is -4.79.